The van der Waals surface area contributed by atoms with Crippen molar-refractivity contribution in [2.45, 2.75) is 13.1 Å². The molecule has 0 heterocycles. The highest BCUT2D eigenvalue weighted by Crippen LogP contribution is 2.30. The summed E-state index contributed by atoms with van der Waals surface area (Å²) in [6.45, 7) is 1.35. The Labute approximate surface area is 170 Å². The van der Waals surface area contributed by atoms with E-state index < -0.39 is 30.2 Å². The Morgan fingerprint density at radius 3 is 2.47 bits per heavy atom. The SMILES string of the molecule is CCOC(=O)/C(C#N)=C/c1ccc(OCC(=O)Nc2cccc(C(F)(F)F)c2)cc1. The van der Waals surface area contributed by atoms with Crippen LogP contribution in [0.5, 0.6) is 5.75 Å². The first-order chi connectivity index (χ1) is 14.2. The van der Waals surface area contributed by atoms with Crippen molar-refractivity contribution in [3.05, 3.63) is 65.2 Å². The standard InChI is InChI=1S/C21H17F3N2O4/c1-2-29-20(28)15(12-25)10-14-6-8-18(9-7-14)30-13-19(27)26-17-5-3-4-16(11-17)21(22,23)24/h3-11H,2,13H2,1H3,(H,26,27)/b15-10+. The highest BCUT2D eigenvalue weighted by atomic mass is 19.4. The van der Waals surface area contributed by atoms with Crippen LogP contribution in [0.25, 0.3) is 6.08 Å². The van der Waals surface area contributed by atoms with Crippen molar-refractivity contribution < 1.29 is 32.2 Å². The molecule has 1 N–H and O–H groups in total. The van der Waals surface area contributed by atoms with E-state index in [0.717, 1.165) is 12.1 Å². The summed E-state index contributed by atoms with van der Waals surface area (Å²) in [7, 11) is 0. The van der Waals surface area contributed by atoms with Crippen LogP contribution in [0.15, 0.2) is 54.1 Å². The van der Waals surface area contributed by atoms with Crippen molar-refractivity contribution in [1.82, 2.24) is 0 Å². The van der Waals surface area contributed by atoms with Gasteiger partial charge in [0.15, 0.2) is 6.61 Å². The predicted octanol–water partition coefficient (Wildman–Crippen LogP) is 4.19. The fourth-order valence-electron chi connectivity index (χ4n) is 2.29. The topological polar surface area (TPSA) is 88.4 Å². The molecule has 0 aliphatic heterocycles. The highest BCUT2D eigenvalue weighted by molar-refractivity contribution is 5.97. The van der Waals surface area contributed by atoms with Crippen molar-refractivity contribution in [2.75, 3.05) is 18.5 Å². The number of hydrogen-bond acceptors (Lipinski definition) is 5. The zero-order valence-corrected chi connectivity index (χ0v) is 15.8. The van der Waals surface area contributed by atoms with Gasteiger partial charge in [-0.3, -0.25) is 4.79 Å². The van der Waals surface area contributed by atoms with E-state index in [1.807, 2.05) is 0 Å². The molecule has 0 unspecified atom stereocenters. The van der Waals surface area contributed by atoms with E-state index in [-0.39, 0.29) is 17.9 Å². The van der Waals surface area contributed by atoms with Gasteiger partial charge in [-0.25, -0.2) is 4.79 Å². The third-order valence-corrected chi connectivity index (χ3v) is 3.65. The number of nitrogens with zero attached hydrogens (tertiary/aromatic N) is 1. The zero-order chi connectivity index (χ0) is 22.1. The molecule has 0 atom stereocenters. The summed E-state index contributed by atoms with van der Waals surface area (Å²) in [4.78, 5) is 23.5. The smallest absolute Gasteiger partial charge is 0.416 e. The lowest BCUT2D eigenvalue weighted by Gasteiger charge is -2.10. The molecule has 0 saturated carbocycles. The lowest BCUT2D eigenvalue weighted by atomic mass is 10.1. The van der Waals surface area contributed by atoms with Crippen LogP contribution in [0.3, 0.4) is 0 Å². The number of anilines is 1. The third-order valence-electron chi connectivity index (χ3n) is 3.65. The molecular weight excluding hydrogens is 401 g/mol. The van der Waals surface area contributed by atoms with Gasteiger partial charge in [0.2, 0.25) is 0 Å². The van der Waals surface area contributed by atoms with Gasteiger partial charge in [0, 0.05) is 5.69 Å². The van der Waals surface area contributed by atoms with Crippen LogP contribution >= 0.6 is 0 Å². The number of carbonyl (C=O) groups is 2. The summed E-state index contributed by atoms with van der Waals surface area (Å²) in [5.74, 6) is -1.04. The van der Waals surface area contributed by atoms with Gasteiger partial charge in [-0.2, -0.15) is 18.4 Å². The maximum atomic E-state index is 12.7. The Balaban J connectivity index is 1.95. The predicted molar refractivity (Wildman–Crippen MR) is 102 cm³/mol. The monoisotopic (exact) mass is 418 g/mol. The Hall–Kier alpha value is -3.80. The van der Waals surface area contributed by atoms with Crippen LogP contribution in [0.1, 0.15) is 18.1 Å². The van der Waals surface area contributed by atoms with Crippen LogP contribution in [0.4, 0.5) is 18.9 Å². The van der Waals surface area contributed by atoms with E-state index in [2.05, 4.69) is 5.32 Å². The summed E-state index contributed by atoms with van der Waals surface area (Å²) in [5, 5.41) is 11.3. The van der Waals surface area contributed by atoms with Gasteiger partial charge in [-0.1, -0.05) is 18.2 Å². The second-order valence-electron chi connectivity index (χ2n) is 5.87. The number of nitrogens with one attached hydrogen (secondary N) is 1. The Morgan fingerprint density at radius 1 is 1.17 bits per heavy atom. The number of nitriles is 1. The number of amides is 1. The molecule has 0 radical (unpaired) electrons. The summed E-state index contributed by atoms with van der Waals surface area (Å²) in [5.41, 5.74) is -0.488. The van der Waals surface area contributed by atoms with Gasteiger partial charge in [0.05, 0.1) is 12.2 Å². The van der Waals surface area contributed by atoms with Crippen LogP contribution in [0, 0.1) is 11.3 Å². The molecule has 0 saturated heterocycles. The summed E-state index contributed by atoms with van der Waals surface area (Å²) in [6.07, 6.45) is -3.16. The second-order valence-corrected chi connectivity index (χ2v) is 5.87. The number of halogens is 3. The molecule has 9 heteroatoms. The molecule has 0 bridgehead atoms. The summed E-state index contributed by atoms with van der Waals surface area (Å²) in [6, 6.07) is 12.2. The van der Waals surface area contributed by atoms with Gasteiger partial charge >= 0.3 is 12.1 Å². The molecule has 0 aliphatic carbocycles. The molecule has 0 aromatic heterocycles. The fraction of sp³-hybridized carbons (Fsp3) is 0.190. The van der Waals surface area contributed by atoms with E-state index >= 15 is 0 Å². The van der Waals surface area contributed by atoms with Crippen molar-refractivity contribution in [3.63, 3.8) is 0 Å². The van der Waals surface area contributed by atoms with Crippen molar-refractivity contribution in [3.8, 4) is 11.8 Å². The number of carbonyl (C=O) groups excluding carboxylic acids is 2. The van der Waals surface area contributed by atoms with Crippen LogP contribution in [0.2, 0.25) is 0 Å². The summed E-state index contributed by atoms with van der Waals surface area (Å²) < 4.78 is 48.2. The molecule has 2 rings (SSSR count). The van der Waals surface area contributed by atoms with Gasteiger partial charge in [0.25, 0.3) is 5.91 Å². The minimum atomic E-state index is -4.51. The number of hydrogen-bond donors (Lipinski definition) is 1. The maximum Gasteiger partial charge on any atom is 0.416 e. The number of alkyl halides is 3. The second kappa shape index (κ2) is 10.1. The first kappa shape index (κ1) is 22.5. The molecule has 6 nitrogen and oxygen atoms in total. The van der Waals surface area contributed by atoms with E-state index in [4.69, 9.17) is 14.7 Å². The largest absolute Gasteiger partial charge is 0.484 e. The van der Waals surface area contributed by atoms with Gasteiger partial charge in [0.1, 0.15) is 17.4 Å². The Morgan fingerprint density at radius 2 is 1.87 bits per heavy atom. The molecule has 0 aliphatic rings. The van der Waals surface area contributed by atoms with E-state index in [1.54, 1.807) is 25.1 Å². The molecule has 0 fully saturated rings. The average molecular weight is 418 g/mol. The van der Waals surface area contributed by atoms with Crippen LogP contribution in [-0.2, 0) is 20.5 Å². The first-order valence-corrected chi connectivity index (χ1v) is 8.72. The average Bonchev–Trinajstić information content (AvgIpc) is 2.71. The van der Waals surface area contributed by atoms with Crippen LogP contribution < -0.4 is 10.1 Å². The minimum Gasteiger partial charge on any atom is -0.484 e. The summed E-state index contributed by atoms with van der Waals surface area (Å²) >= 11 is 0. The highest BCUT2D eigenvalue weighted by Gasteiger charge is 2.30. The van der Waals surface area contributed by atoms with Crippen molar-refractivity contribution in [1.29, 1.82) is 5.26 Å². The Bertz CT molecular complexity index is 977. The Kier molecular flexibility index (Phi) is 7.58. The molecule has 1 amide bonds. The van der Waals surface area contributed by atoms with Crippen molar-refractivity contribution in [2.24, 2.45) is 0 Å². The number of ether oxygens (including phenoxy) is 2. The quantitative estimate of drug-likeness (QED) is 0.414. The molecule has 0 spiro atoms. The molecular formula is C21H17F3N2O4. The van der Waals surface area contributed by atoms with Gasteiger partial charge in [-0.05, 0) is 48.9 Å². The lowest BCUT2D eigenvalue weighted by molar-refractivity contribution is -0.138. The zero-order valence-electron chi connectivity index (χ0n) is 15.8. The third kappa shape index (κ3) is 6.67. The first-order valence-electron chi connectivity index (χ1n) is 8.72. The van der Waals surface area contributed by atoms with E-state index in [0.29, 0.717) is 11.3 Å². The molecule has 156 valence electrons. The van der Waals surface area contributed by atoms with E-state index in [9.17, 15) is 22.8 Å². The fourth-order valence-corrected chi connectivity index (χ4v) is 2.29. The number of esters is 1. The van der Waals surface area contributed by atoms with Crippen molar-refractivity contribution >= 4 is 23.6 Å². The minimum absolute atomic E-state index is 0.00177. The number of benzene rings is 2. The molecule has 30 heavy (non-hydrogen) atoms. The van der Waals surface area contributed by atoms with Crippen LogP contribution in [-0.4, -0.2) is 25.1 Å². The lowest BCUT2D eigenvalue weighted by Crippen LogP contribution is -2.20. The molecule has 2 aromatic rings. The van der Waals surface area contributed by atoms with E-state index in [1.165, 1.54) is 30.3 Å². The van der Waals surface area contributed by atoms with Gasteiger partial charge in [-0.15, -0.1) is 0 Å². The number of rotatable bonds is 7. The van der Waals surface area contributed by atoms with Gasteiger partial charge < -0.3 is 14.8 Å². The molecule has 2 aromatic carbocycles. The maximum absolute atomic E-state index is 12.7. The normalized spacial score (nSPS) is 11.4.